The number of carbonyl (C=O) groups excluding carboxylic acids is 1. The fourth-order valence-electron chi connectivity index (χ4n) is 2.50. The van der Waals surface area contributed by atoms with Crippen molar-refractivity contribution in [2.24, 2.45) is 0 Å². The van der Waals surface area contributed by atoms with Crippen LogP contribution in [-0.2, 0) is 0 Å². The van der Waals surface area contributed by atoms with Crippen molar-refractivity contribution < 1.29 is 32.3 Å². The van der Waals surface area contributed by atoms with Crippen molar-refractivity contribution in [3.8, 4) is 17.1 Å². The molecule has 0 aliphatic rings. The van der Waals surface area contributed by atoms with Gasteiger partial charge in [-0.2, -0.15) is 4.98 Å². The normalized spacial score (nSPS) is 13.5. The monoisotopic (exact) mass is 441 g/mol. The summed E-state index contributed by atoms with van der Waals surface area (Å²) in [6.07, 6.45) is -5.87. The summed E-state index contributed by atoms with van der Waals surface area (Å²) in [6.45, 7) is 1.43. The molecule has 0 saturated heterocycles. The van der Waals surface area contributed by atoms with Crippen LogP contribution in [0.15, 0.2) is 53.1 Å². The van der Waals surface area contributed by atoms with Crippen molar-refractivity contribution in [2.75, 3.05) is 0 Å². The number of alkyl halides is 3. The van der Waals surface area contributed by atoms with E-state index in [0.29, 0.717) is 16.1 Å². The van der Waals surface area contributed by atoms with Gasteiger partial charge in [0.05, 0.1) is 6.10 Å². The van der Waals surface area contributed by atoms with Crippen LogP contribution in [0.4, 0.5) is 13.2 Å². The Morgan fingerprint density at radius 3 is 2.37 bits per heavy atom. The van der Waals surface area contributed by atoms with E-state index in [1.165, 1.54) is 31.2 Å². The molecule has 1 amide bonds. The van der Waals surface area contributed by atoms with E-state index in [1.807, 2.05) is 0 Å². The average molecular weight is 442 g/mol. The molecule has 0 saturated carbocycles. The number of nitrogens with zero attached hydrogens (tertiary/aromatic N) is 2. The van der Waals surface area contributed by atoms with Crippen molar-refractivity contribution in [2.45, 2.75) is 25.4 Å². The molecule has 2 atom stereocenters. The highest BCUT2D eigenvalue weighted by Crippen LogP contribution is 2.26. The van der Waals surface area contributed by atoms with Gasteiger partial charge >= 0.3 is 6.36 Å². The summed E-state index contributed by atoms with van der Waals surface area (Å²) in [4.78, 5) is 16.5. The maximum atomic E-state index is 12.4. The highest BCUT2D eigenvalue weighted by Gasteiger charge is 2.31. The number of ether oxygens (including phenoxy) is 1. The van der Waals surface area contributed by atoms with E-state index in [0.717, 1.165) is 12.1 Å². The number of hydrogen-bond donors (Lipinski definition) is 2. The topological polar surface area (TPSA) is 97.5 Å². The Bertz CT molecular complexity index is 1010. The van der Waals surface area contributed by atoms with E-state index in [-0.39, 0.29) is 11.7 Å². The lowest BCUT2D eigenvalue weighted by atomic mass is 10.1. The van der Waals surface area contributed by atoms with Gasteiger partial charge in [-0.25, -0.2) is 0 Å². The summed E-state index contributed by atoms with van der Waals surface area (Å²) in [7, 11) is 0. The van der Waals surface area contributed by atoms with Gasteiger partial charge in [-0.1, -0.05) is 16.8 Å². The van der Waals surface area contributed by atoms with Crippen molar-refractivity contribution in [3.05, 3.63) is 65.0 Å². The summed E-state index contributed by atoms with van der Waals surface area (Å²) < 4.78 is 45.7. The highest BCUT2D eigenvalue weighted by atomic mass is 35.5. The van der Waals surface area contributed by atoms with Crippen LogP contribution < -0.4 is 10.1 Å². The lowest BCUT2D eigenvalue weighted by Gasteiger charge is -2.17. The Morgan fingerprint density at radius 2 is 1.80 bits per heavy atom. The molecule has 2 aromatic carbocycles. The van der Waals surface area contributed by atoms with E-state index < -0.39 is 30.2 Å². The second-order valence-electron chi connectivity index (χ2n) is 6.23. The first-order valence-corrected chi connectivity index (χ1v) is 8.94. The zero-order chi connectivity index (χ0) is 21.9. The van der Waals surface area contributed by atoms with E-state index in [4.69, 9.17) is 16.1 Å². The minimum Gasteiger partial charge on any atom is -0.406 e. The molecule has 0 aliphatic heterocycles. The SMILES string of the molecule is CC(O)C(NC(=O)c1ccc(Cl)cc1)c1nc(-c2ccc(OC(F)(F)F)cc2)no1. The third kappa shape index (κ3) is 5.49. The number of nitrogens with one attached hydrogen (secondary N) is 1. The molecule has 0 bridgehead atoms. The zero-order valence-electron chi connectivity index (χ0n) is 15.4. The Morgan fingerprint density at radius 1 is 1.17 bits per heavy atom. The van der Waals surface area contributed by atoms with Crippen LogP contribution >= 0.6 is 11.6 Å². The number of aromatic nitrogens is 2. The number of hydrogen-bond acceptors (Lipinski definition) is 6. The van der Waals surface area contributed by atoms with Gasteiger partial charge in [0.15, 0.2) is 0 Å². The van der Waals surface area contributed by atoms with Gasteiger partial charge in [0.1, 0.15) is 11.8 Å². The largest absolute Gasteiger partial charge is 0.573 e. The van der Waals surface area contributed by atoms with Crippen LogP contribution in [0.1, 0.15) is 29.2 Å². The second-order valence-corrected chi connectivity index (χ2v) is 6.66. The van der Waals surface area contributed by atoms with Crippen LogP contribution in [0.2, 0.25) is 5.02 Å². The third-order valence-corrected chi connectivity index (χ3v) is 4.18. The molecule has 3 rings (SSSR count). The lowest BCUT2D eigenvalue weighted by molar-refractivity contribution is -0.274. The lowest BCUT2D eigenvalue weighted by Crippen LogP contribution is -2.35. The second kappa shape index (κ2) is 8.72. The first-order valence-electron chi connectivity index (χ1n) is 8.56. The molecular formula is C19H15ClF3N3O4. The molecule has 3 aromatic rings. The molecule has 0 fully saturated rings. The zero-order valence-corrected chi connectivity index (χ0v) is 16.1. The van der Waals surface area contributed by atoms with Crippen LogP contribution in [-0.4, -0.2) is 33.6 Å². The molecule has 2 N–H and O–H groups in total. The number of amides is 1. The molecule has 30 heavy (non-hydrogen) atoms. The average Bonchev–Trinajstić information content (AvgIpc) is 3.15. The number of aliphatic hydroxyl groups is 1. The van der Waals surface area contributed by atoms with Gasteiger partial charge in [0.25, 0.3) is 11.8 Å². The van der Waals surface area contributed by atoms with Crippen LogP contribution in [0.5, 0.6) is 5.75 Å². The van der Waals surface area contributed by atoms with Crippen molar-refractivity contribution in [1.29, 1.82) is 0 Å². The van der Waals surface area contributed by atoms with Gasteiger partial charge < -0.3 is 19.7 Å². The first-order chi connectivity index (χ1) is 14.1. The van der Waals surface area contributed by atoms with E-state index >= 15 is 0 Å². The molecule has 7 nitrogen and oxygen atoms in total. The fourth-order valence-corrected chi connectivity index (χ4v) is 2.62. The number of rotatable bonds is 6. The molecule has 2 unspecified atom stereocenters. The molecule has 11 heteroatoms. The Labute approximate surface area is 173 Å². The minimum atomic E-state index is -4.80. The Kier molecular flexibility index (Phi) is 6.28. The summed E-state index contributed by atoms with van der Waals surface area (Å²) in [5, 5.41) is 16.9. The molecule has 1 aromatic heterocycles. The number of benzene rings is 2. The van der Waals surface area contributed by atoms with Crippen LogP contribution in [0.3, 0.4) is 0 Å². The maximum absolute atomic E-state index is 12.4. The molecular weight excluding hydrogens is 427 g/mol. The standard InChI is InChI=1S/C19H15ClF3N3O4/c1-10(27)15(24-17(28)12-2-6-13(20)7-3-12)18-25-16(26-30-18)11-4-8-14(9-5-11)29-19(21,22)23/h2-10,15,27H,1H3,(H,24,28). The van der Waals surface area contributed by atoms with E-state index in [2.05, 4.69) is 20.2 Å². The minimum absolute atomic E-state index is 0.0648. The summed E-state index contributed by atoms with van der Waals surface area (Å²) in [5.41, 5.74) is 0.665. The van der Waals surface area contributed by atoms with E-state index in [1.54, 1.807) is 12.1 Å². The summed E-state index contributed by atoms with van der Waals surface area (Å²) in [6, 6.07) is 9.96. The van der Waals surface area contributed by atoms with Crippen molar-refractivity contribution >= 4 is 17.5 Å². The molecule has 0 radical (unpaired) electrons. The fraction of sp³-hybridized carbons (Fsp3) is 0.211. The summed E-state index contributed by atoms with van der Waals surface area (Å²) in [5.74, 6) is -0.897. The molecule has 0 aliphatic carbocycles. The van der Waals surface area contributed by atoms with Gasteiger partial charge in [-0.3, -0.25) is 4.79 Å². The molecule has 1 heterocycles. The van der Waals surface area contributed by atoms with Gasteiger partial charge in [-0.15, -0.1) is 13.2 Å². The number of halogens is 4. The van der Waals surface area contributed by atoms with Crippen LogP contribution in [0, 0.1) is 0 Å². The summed E-state index contributed by atoms with van der Waals surface area (Å²) >= 11 is 5.80. The van der Waals surface area contributed by atoms with E-state index in [9.17, 15) is 23.1 Å². The highest BCUT2D eigenvalue weighted by molar-refractivity contribution is 6.30. The quantitative estimate of drug-likeness (QED) is 0.596. The molecule has 0 spiro atoms. The Hall–Kier alpha value is -3.11. The van der Waals surface area contributed by atoms with Crippen LogP contribution in [0.25, 0.3) is 11.4 Å². The first kappa shape index (κ1) is 21.6. The predicted octanol–water partition coefficient (Wildman–Crippen LogP) is 4.14. The number of aliphatic hydroxyl groups excluding tert-OH is 1. The Balaban J connectivity index is 1.76. The maximum Gasteiger partial charge on any atom is 0.573 e. The van der Waals surface area contributed by atoms with Gasteiger partial charge in [0, 0.05) is 16.1 Å². The smallest absolute Gasteiger partial charge is 0.406 e. The van der Waals surface area contributed by atoms with Gasteiger partial charge in [0.2, 0.25) is 5.82 Å². The van der Waals surface area contributed by atoms with Crippen molar-refractivity contribution in [3.63, 3.8) is 0 Å². The third-order valence-electron chi connectivity index (χ3n) is 3.93. The van der Waals surface area contributed by atoms with Crippen molar-refractivity contribution in [1.82, 2.24) is 15.5 Å². The number of carbonyl (C=O) groups is 1. The predicted molar refractivity (Wildman–Crippen MR) is 99.8 cm³/mol. The van der Waals surface area contributed by atoms with Gasteiger partial charge in [-0.05, 0) is 55.5 Å². The molecule has 158 valence electrons.